The lowest BCUT2D eigenvalue weighted by Gasteiger charge is -2.52. The fraction of sp³-hybridized carbons (Fsp3) is 0.621. The Morgan fingerprint density at radius 3 is 2.24 bits per heavy atom. The number of nitrogens with zero attached hydrogens (tertiary/aromatic N) is 9. The van der Waals surface area contributed by atoms with Crippen molar-refractivity contribution in [2.75, 3.05) is 67.5 Å². The van der Waals surface area contributed by atoms with E-state index in [0.29, 0.717) is 83.3 Å². The van der Waals surface area contributed by atoms with Crippen LogP contribution in [0.4, 0.5) is 17.3 Å². The molecule has 2 spiro atoms. The van der Waals surface area contributed by atoms with Gasteiger partial charge in [-0.25, -0.2) is 15.0 Å². The van der Waals surface area contributed by atoms with Crippen molar-refractivity contribution in [3.63, 3.8) is 0 Å². The average Bonchev–Trinajstić information content (AvgIpc) is 4.08. The highest BCUT2D eigenvalue weighted by atomic mass is 16.2. The number of hydrogen-bond acceptors (Lipinski definition) is 11. The largest absolute Gasteiger partial charge is 0.366 e. The SMILES string of the molecule is CC(C)n1cnc2cc(-c3ccc4c(c3)N(C3CC(N5CCCCC5)C3)C(=O)C43CCN(C(=O)C4CN(C(=O)C5CCN(c6ccc([C@H]7CCC(=O)NC7=O)cn6)CC5)CC5(CCC5)C4)CC3)nc(NC3CC3)c21. The van der Waals surface area contributed by atoms with Gasteiger partial charge in [-0.2, -0.15) is 0 Å². The molecule has 13 rings (SSSR count). The zero-order valence-electron chi connectivity index (χ0n) is 43.4. The van der Waals surface area contributed by atoms with Crippen LogP contribution in [-0.2, 0) is 29.4 Å². The van der Waals surface area contributed by atoms with Crippen LogP contribution in [0.1, 0.15) is 146 Å². The van der Waals surface area contributed by atoms with Crippen LogP contribution in [0.5, 0.6) is 0 Å². The highest BCUT2D eigenvalue weighted by molar-refractivity contribution is 6.09. The first-order valence-electron chi connectivity index (χ1n) is 28.4. The normalized spacial score (nSPS) is 27.1. The summed E-state index contributed by atoms with van der Waals surface area (Å²) in [4.78, 5) is 94.9. The van der Waals surface area contributed by atoms with Crippen LogP contribution in [-0.4, -0.2) is 134 Å². The van der Waals surface area contributed by atoms with Crippen LogP contribution in [0.15, 0.2) is 48.9 Å². The van der Waals surface area contributed by atoms with Crippen molar-refractivity contribution >= 4 is 57.9 Å². The quantitative estimate of drug-likeness (QED) is 0.153. The average molecular weight is 1000 g/mol. The van der Waals surface area contributed by atoms with Crippen molar-refractivity contribution in [3.8, 4) is 11.3 Å². The minimum Gasteiger partial charge on any atom is -0.366 e. The summed E-state index contributed by atoms with van der Waals surface area (Å²) in [5.41, 5.74) is 6.00. The molecule has 1 unspecified atom stereocenters. The molecule has 9 aliphatic rings. The van der Waals surface area contributed by atoms with Gasteiger partial charge in [0.2, 0.25) is 29.5 Å². The molecule has 3 aliphatic carbocycles. The number of likely N-dealkylation sites (tertiary alicyclic amines) is 3. The molecule has 16 heteroatoms. The molecule has 3 saturated carbocycles. The van der Waals surface area contributed by atoms with Gasteiger partial charge in [0.05, 0.1) is 34.8 Å². The van der Waals surface area contributed by atoms with Crippen molar-refractivity contribution in [2.24, 2.45) is 17.3 Å². The standard InChI is InChI=1S/C58H73N11O5/c1-36(2)68-35-60-47-30-46(62-52(51(47)68)61-41-9-10-41)38-7-12-45-48(27-38)69(43-28-42(29-43)64-21-4-3-5-22-64)56(74)58(45)19-25-66(26-20-58)55(73)40-31-57(17-6-18-57)34-67(33-40)54(72)37-15-23-65(24-16-37)49-13-8-39(32-59-49)44-11-14-50(70)63-53(44)71/h7-8,12-13,27,30,32,35-37,40-44H,3-6,9-11,14-26,28-29,31,33-34H2,1-2H3,(H,61,62)(H,63,70,71)/t40?,42?,43?,44-/m1/s1. The van der Waals surface area contributed by atoms with E-state index in [9.17, 15) is 19.2 Å². The minimum atomic E-state index is -0.698. The molecule has 2 N–H and O–H groups in total. The molecule has 74 heavy (non-hydrogen) atoms. The molecule has 5 saturated heterocycles. The molecule has 2 atom stereocenters. The minimum absolute atomic E-state index is 0.00386. The zero-order valence-corrected chi connectivity index (χ0v) is 43.4. The molecular weight excluding hydrogens is 931 g/mol. The van der Waals surface area contributed by atoms with E-state index in [1.54, 1.807) is 6.20 Å². The van der Waals surface area contributed by atoms with E-state index in [4.69, 9.17) is 15.0 Å². The Hall–Kier alpha value is -5.90. The second-order valence-corrected chi connectivity index (χ2v) is 24.3. The van der Waals surface area contributed by atoms with E-state index in [0.717, 1.165) is 122 Å². The van der Waals surface area contributed by atoms with Crippen molar-refractivity contribution in [1.29, 1.82) is 0 Å². The van der Waals surface area contributed by atoms with Crippen molar-refractivity contribution in [2.45, 2.75) is 159 Å². The second kappa shape index (κ2) is 18.7. The Morgan fingerprint density at radius 2 is 1.55 bits per heavy atom. The van der Waals surface area contributed by atoms with Crippen molar-refractivity contribution in [3.05, 3.63) is 60.0 Å². The van der Waals surface area contributed by atoms with Crippen molar-refractivity contribution < 1.29 is 24.0 Å². The molecule has 4 aromatic rings. The van der Waals surface area contributed by atoms with Gasteiger partial charge in [0.15, 0.2) is 5.82 Å². The van der Waals surface area contributed by atoms with Crippen LogP contribution in [0.2, 0.25) is 0 Å². The second-order valence-electron chi connectivity index (χ2n) is 24.3. The van der Waals surface area contributed by atoms with Gasteiger partial charge < -0.3 is 34.4 Å². The van der Waals surface area contributed by atoms with E-state index in [1.807, 2.05) is 23.4 Å². The van der Waals surface area contributed by atoms with E-state index < -0.39 is 5.41 Å². The molecule has 0 radical (unpaired) electrons. The molecule has 8 fully saturated rings. The van der Waals surface area contributed by atoms with E-state index in [2.05, 4.69) is 72.9 Å². The summed E-state index contributed by atoms with van der Waals surface area (Å²) < 4.78 is 2.20. The maximum absolute atomic E-state index is 15.4. The smallest absolute Gasteiger partial charge is 0.238 e. The van der Waals surface area contributed by atoms with E-state index in [-0.39, 0.29) is 64.8 Å². The first-order chi connectivity index (χ1) is 35.9. The number of aromatic nitrogens is 4. The molecular formula is C58H73N11O5. The molecule has 3 aromatic heterocycles. The number of carbonyl (C=O) groups excluding carboxylic acids is 5. The fourth-order valence-corrected chi connectivity index (χ4v) is 14.6. The fourth-order valence-electron chi connectivity index (χ4n) is 14.6. The number of piperidine rings is 5. The number of nitrogens with one attached hydrogen (secondary N) is 2. The summed E-state index contributed by atoms with van der Waals surface area (Å²) in [6, 6.07) is 13.9. The lowest BCUT2D eigenvalue weighted by molar-refractivity contribution is -0.152. The topological polar surface area (TPSA) is 169 Å². The van der Waals surface area contributed by atoms with Crippen LogP contribution in [0.3, 0.4) is 0 Å². The van der Waals surface area contributed by atoms with Gasteiger partial charge in [0.25, 0.3) is 0 Å². The molecule has 0 bridgehead atoms. The summed E-state index contributed by atoms with van der Waals surface area (Å²) in [5.74, 6) is 0.986. The lowest BCUT2D eigenvalue weighted by Crippen LogP contribution is -2.59. The number of amides is 5. The number of imidazole rings is 1. The Kier molecular flexibility index (Phi) is 12.1. The van der Waals surface area contributed by atoms with Crippen molar-refractivity contribution in [1.82, 2.24) is 39.5 Å². The Morgan fingerprint density at radius 1 is 0.784 bits per heavy atom. The highest BCUT2D eigenvalue weighted by Gasteiger charge is 2.57. The summed E-state index contributed by atoms with van der Waals surface area (Å²) in [6.07, 6.45) is 19.2. The molecule has 9 heterocycles. The molecule has 390 valence electrons. The lowest BCUT2D eigenvalue weighted by atomic mass is 9.61. The number of fused-ring (bicyclic) bond motifs is 3. The number of carbonyl (C=O) groups is 5. The number of rotatable bonds is 10. The summed E-state index contributed by atoms with van der Waals surface area (Å²) in [6.45, 7) is 10.3. The number of anilines is 3. The van der Waals surface area contributed by atoms with E-state index in [1.165, 1.54) is 19.3 Å². The van der Waals surface area contributed by atoms with Crippen LogP contribution in [0.25, 0.3) is 22.3 Å². The third kappa shape index (κ3) is 8.45. The Balaban J connectivity index is 0.705. The van der Waals surface area contributed by atoms with Crippen LogP contribution < -0.4 is 20.4 Å². The first-order valence-corrected chi connectivity index (χ1v) is 28.4. The predicted octanol–water partition coefficient (Wildman–Crippen LogP) is 7.33. The molecule has 1 aromatic carbocycles. The number of imide groups is 1. The molecule has 5 amide bonds. The maximum Gasteiger partial charge on any atom is 0.238 e. The molecule has 16 nitrogen and oxygen atoms in total. The Bertz CT molecular complexity index is 2860. The summed E-state index contributed by atoms with van der Waals surface area (Å²) in [5, 5.41) is 6.16. The van der Waals surface area contributed by atoms with Crippen LogP contribution >= 0.6 is 0 Å². The third-order valence-corrected chi connectivity index (χ3v) is 19.3. The summed E-state index contributed by atoms with van der Waals surface area (Å²) in [7, 11) is 0. The number of hydrogen-bond donors (Lipinski definition) is 2. The predicted molar refractivity (Wildman–Crippen MR) is 282 cm³/mol. The maximum atomic E-state index is 15.4. The van der Waals surface area contributed by atoms with Gasteiger partial charge in [-0.15, -0.1) is 0 Å². The number of pyridine rings is 2. The van der Waals surface area contributed by atoms with Gasteiger partial charge in [-0.1, -0.05) is 31.0 Å². The Labute approximate surface area is 434 Å². The highest BCUT2D eigenvalue weighted by Crippen LogP contribution is 2.54. The van der Waals surface area contributed by atoms with Gasteiger partial charge in [0.1, 0.15) is 11.3 Å². The van der Waals surface area contributed by atoms with Gasteiger partial charge in [-0.05, 0) is 152 Å². The van der Waals surface area contributed by atoms with Crippen LogP contribution in [0, 0.1) is 17.3 Å². The van der Waals surface area contributed by atoms with Gasteiger partial charge >= 0.3 is 0 Å². The molecule has 6 aliphatic heterocycles. The first kappa shape index (κ1) is 47.8. The summed E-state index contributed by atoms with van der Waals surface area (Å²) >= 11 is 0. The number of benzene rings is 1. The van der Waals surface area contributed by atoms with Gasteiger partial charge in [-0.3, -0.25) is 29.3 Å². The monoisotopic (exact) mass is 1000 g/mol. The third-order valence-electron chi connectivity index (χ3n) is 19.3. The zero-order chi connectivity index (χ0) is 50.5. The van der Waals surface area contributed by atoms with Gasteiger partial charge in [0, 0.05) is 93.2 Å². The van der Waals surface area contributed by atoms with E-state index >= 15 is 4.79 Å².